The molecule has 10 nitrogen and oxygen atoms in total. The minimum Gasteiger partial charge on any atom is -0.397 e. The van der Waals surface area contributed by atoms with Gasteiger partial charge in [-0.1, -0.05) is 18.2 Å². The molecule has 3 aromatic carbocycles. The summed E-state index contributed by atoms with van der Waals surface area (Å²) in [4.78, 5) is 21.6. The Kier molecular flexibility index (Phi) is 7.84. The second-order valence-electron chi connectivity index (χ2n) is 9.98. The Balaban J connectivity index is 1.46. The van der Waals surface area contributed by atoms with Crippen LogP contribution in [0, 0.1) is 6.92 Å². The molecule has 0 radical (unpaired) electrons. The van der Waals surface area contributed by atoms with Crippen molar-refractivity contribution in [3.63, 3.8) is 0 Å². The average molecular weight is 546 g/mol. The van der Waals surface area contributed by atoms with Crippen LogP contribution < -0.4 is 26.4 Å². The summed E-state index contributed by atoms with van der Waals surface area (Å²) in [6.45, 7) is 7.21. The van der Waals surface area contributed by atoms with E-state index in [0.717, 1.165) is 5.56 Å². The number of aromatic nitrogens is 2. The smallest absolute Gasteiger partial charge is 0.255 e. The first-order valence-electron chi connectivity index (χ1n) is 12.2. The minimum absolute atomic E-state index is 0.145. The first kappa shape index (κ1) is 27.6. The molecular weight excluding hydrogens is 514 g/mol. The van der Waals surface area contributed by atoms with Crippen molar-refractivity contribution in [1.82, 2.24) is 14.7 Å². The third kappa shape index (κ3) is 7.30. The Bertz CT molecular complexity index is 1600. The number of carbonyl (C=O) groups is 1. The third-order valence-corrected chi connectivity index (χ3v) is 7.19. The number of sulfonamides is 1. The summed E-state index contributed by atoms with van der Waals surface area (Å²) >= 11 is 0. The van der Waals surface area contributed by atoms with Crippen LogP contribution in [0.15, 0.2) is 83.9 Å². The molecule has 0 fully saturated rings. The summed E-state index contributed by atoms with van der Waals surface area (Å²) in [7, 11) is -3.69. The summed E-state index contributed by atoms with van der Waals surface area (Å²) in [6.07, 6.45) is 1.66. The van der Waals surface area contributed by atoms with E-state index in [9.17, 15) is 13.2 Å². The average Bonchev–Trinajstić information content (AvgIpc) is 2.87. The van der Waals surface area contributed by atoms with Crippen LogP contribution in [-0.2, 0) is 10.0 Å². The fourth-order valence-corrected chi connectivity index (χ4v) is 5.07. The van der Waals surface area contributed by atoms with E-state index in [1.165, 1.54) is 6.07 Å². The molecule has 0 atom stereocenters. The first-order chi connectivity index (χ1) is 18.4. The van der Waals surface area contributed by atoms with E-state index in [2.05, 4.69) is 30.6 Å². The summed E-state index contributed by atoms with van der Waals surface area (Å²) in [5, 5.41) is 9.10. The molecule has 4 rings (SSSR count). The SMILES string of the molecule is Cc1cnc(Nc2ccc(C(=O)Nc3ccccc3N)cc2)nc1Nc1cccc(S(=O)(=O)NC(C)(C)C)c1. The molecule has 0 aliphatic heterocycles. The van der Waals surface area contributed by atoms with Crippen molar-refractivity contribution in [2.75, 3.05) is 21.7 Å². The molecule has 39 heavy (non-hydrogen) atoms. The number of anilines is 6. The standard InChI is InChI=1S/C28H31N7O3S/c1-18-17-30-27(32-20-14-12-19(13-15-20)26(36)33-24-11-6-5-10-23(24)29)34-25(18)31-21-8-7-9-22(16-21)39(37,38)35-28(2,3)4/h5-17,35H,29H2,1-4H3,(H,33,36)(H2,30,31,32,34). The van der Waals surface area contributed by atoms with Gasteiger partial charge in [-0.05, 0) is 82.3 Å². The van der Waals surface area contributed by atoms with Crippen LogP contribution in [0.3, 0.4) is 0 Å². The number of carbonyl (C=O) groups excluding carboxylic acids is 1. The molecule has 0 aliphatic carbocycles. The van der Waals surface area contributed by atoms with Crippen LogP contribution in [0.2, 0.25) is 0 Å². The zero-order valence-electron chi connectivity index (χ0n) is 22.1. The lowest BCUT2D eigenvalue weighted by atomic mass is 10.1. The molecule has 1 heterocycles. The monoisotopic (exact) mass is 545 g/mol. The molecule has 1 aromatic heterocycles. The van der Waals surface area contributed by atoms with E-state index < -0.39 is 15.6 Å². The number of nitrogens with zero attached hydrogens (tertiary/aromatic N) is 2. The maximum atomic E-state index is 12.7. The Labute approximate surface area is 228 Å². The van der Waals surface area contributed by atoms with Gasteiger partial charge in [0.15, 0.2) is 0 Å². The third-order valence-electron chi connectivity index (χ3n) is 5.43. The number of amides is 1. The number of nitrogens with one attached hydrogen (secondary N) is 4. The highest BCUT2D eigenvalue weighted by Crippen LogP contribution is 2.24. The van der Waals surface area contributed by atoms with Crippen molar-refractivity contribution in [2.45, 2.75) is 38.1 Å². The minimum atomic E-state index is -3.69. The van der Waals surface area contributed by atoms with Gasteiger partial charge in [0.25, 0.3) is 5.91 Å². The number of nitrogen functional groups attached to an aromatic ring is 1. The van der Waals surface area contributed by atoms with Gasteiger partial charge >= 0.3 is 0 Å². The molecule has 1 amide bonds. The molecule has 0 unspecified atom stereocenters. The van der Waals surface area contributed by atoms with Crippen molar-refractivity contribution < 1.29 is 13.2 Å². The number of nitrogens with two attached hydrogens (primary N) is 1. The van der Waals surface area contributed by atoms with Crippen molar-refractivity contribution in [2.24, 2.45) is 0 Å². The molecule has 4 aromatic rings. The Morgan fingerprint density at radius 3 is 2.31 bits per heavy atom. The molecule has 202 valence electrons. The van der Waals surface area contributed by atoms with E-state index >= 15 is 0 Å². The molecular formula is C28H31N7O3S. The second-order valence-corrected chi connectivity index (χ2v) is 11.7. The predicted molar refractivity (Wildman–Crippen MR) is 155 cm³/mol. The van der Waals surface area contributed by atoms with Gasteiger partial charge in [-0.15, -0.1) is 0 Å². The summed E-state index contributed by atoms with van der Waals surface area (Å²) < 4.78 is 28.1. The molecule has 0 saturated heterocycles. The van der Waals surface area contributed by atoms with E-state index in [1.54, 1.807) is 93.7 Å². The van der Waals surface area contributed by atoms with Gasteiger partial charge in [0.1, 0.15) is 5.82 Å². The predicted octanol–water partition coefficient (Wildman–Crippen LogP) is 5.18. The zero-order chi connectivity index (χ0) is 28.2. The number of rotatable bonds is 8. The van der Waals surface area contributed by atoms with Gasteiger partial charge in [-0.3, -0.25) is 4.79 Å². The Morgan fingerprint density at radius 2 is 1.62 bits per heavy atom. The highest BCUT2D eigenvalue weighted by atomic mass is 32.2. The van der Waals surface area contributed by atoms with Crippen molar-refractivity contribution >= 4 is 50.4 Å². The number of benzene rings is 3. The summed E-state index contributed by atoms with van der Waals surface area (Å²) in [6, 6.07) is 20.4. The van der Waals surface area contributed by atoms with Crippen LogP contribution in [0.1, 0.15) is 36.7 Å². The molecule has 6 N–H and O–H groups in total. The highest BCUT2D eigenvalue weighted by Gasteiger charge is 2.22. The second kappa shape index (κ2) is 11.1. The Hall–Kier alpha value is -4.48. The van der Waals surface area contributed by atoms with E-state index in [4.69, 9.17) is 5.73 Å². The van der Waals surface area contributed by atoms with E-state index in [-0.39, 0.29) is 10.8 Å². The fourth-order valence-electron chi connectivity index (χ4n) is 3.61. The van der Waals surface area contributed by atoms with Crippen LogP contribution >= 0.6 is 0 Å². The number of para-hydroxylation sites is 2. The van der Waals surface area contributed by atoms with Crippen molar-refractivity contribution in [3.8, 4) is 0 Å². The van der Waals surface area contributed by atoms with Crippen LogP contribution in [-0.4, -0.2) is 29.8 Å². The maximum absolute atomic E-state index is 12.7. The van der Waals surface area contributed by atoms with E-state index in [0.29, 0.717) is 40.1 Å². The lowest BCUT2D eigenvalue weighted by molar-refractivity contribution is 0.102. The molecule has 11 heteroatoms. The van der Waals surface area contributed by atoms with Gasteiger partial charge in [-0.2, -0.15) is 4.98 Å². The van der Waals surface area contributed by atoms with Gasteiger partial charge in [-0.25, -0.2) is 18.1 Å². The van der Waals surface area contributed by atoms with Gasteiger partial charge in [0, 0.05) is 34.2 Å². The number of hydrogen-bond donors (Lipinski definition) is 5. The fraction of sp³-hybridized carbons (Fsp3) is 0.179. The van der Waals surface area contributed by atoms with Gasteiger partial charge in [0.2, 0.25) is 16.0 Å². The van der Waals surface area contributed by atoms with Crippen LogP contribution in [0.25, 0.3) is 0 Å². The van der Waals surface area contributed by atoms with Crippen molar-refractivity contribution in [1.29, 1.82) is 0 Å². The van der Waals surface area contributed by atoms with Crippen LogP contribution in [0.5, 0.6) is 0 Å². The first-order valence-corrected chi connectivity index (χ1v) is 13.7. The lowest BCUT2D eigenvalue weighted by Gasteiger charge is -2.20. The van der Waals surface area contributed by atoms with E-state index in [1.807, 2.05) is 6.92 Å². The topological polar surface area (TPSA) is 151 Å². The van der Waals surface area contributed by atoms with Gasteiger partial charge < -0.3 is 21.7 Å². The molecule has 0 saturated carbocycles. The van der Waals surface area contributed by atoms with Crippen LogP contribution in [0.4, 0.5) is 34.5 Å². The molecule has 0 bridgehead atoms. The highest BCUT2D eigenvalue weighted by molar-refractivity contribution is 7.89. The maximum Gasteiger partial charge on any atom is 0.255 e. The molecule has 0 spiro atoms. The largest absolute Gasteiger partial charge is 0.397 e. The quantitative estimate of drug-likeness (QED) is 0.190. The zero-order valence-corrected chi connectivity index (χ0v) is 22.9. The van der Waals surface area contributed by atoms with Gasteiger partial charge in [0.05, 0.1) is 16.3 Å². The molecule has 0 aliphatic rings. The summed E-state index contributed by atoms with van der Waals surface area (Å²) in [5.74, 6) is 0.567. The van der Waals surface area contributed by atoms with Crippen molar-refractivity contribution in [3.05, 3.63) is 90.1 Å². The number of hydrogen-bond acceptors (Lipinski definition) is 8. The number of aryl methyl sites for hydroxylation is 1. The summed E-state index contributed by atoms with van der Waals surface area (Å²) in [5.41, 5.74) is 8.81. The Morgan fingerprint density at radius 1 is 0.897 bits per heavy atom. The lowest BCUT2D eigenvalue weighted by Crippen LogP contribution is -2.40. The normalized spacial score (nSPS) is 11.6.